The molecule has 0 spiro atoms. The van der Waals surface area contributed by atoms with Crippen LogP contribution in [-0.4, -0.2) is 35.6 Å². The fourth-order valence-corrected chi connectivity index (χ4v) is 1.76. The Bertz CT molecular complexity index is 457. The Morgan fingerprint density at radius 1 is 1.30 bits per heavy atom. The molecule has 110 valence electrons. The van der Waals surface area contributed by atoms with E-state index in [1.54, 1.807) is 24.1 Å². The molecule has 0 saturated carbocycles. The molecule has 0 aliphatic rings. The van der Waals surface area contributed by atoms with E-state index in [1.165, 1.54) is 12.1 Å². The maximum Gasteiger partial charge on any atom is 0.335 e. The smallest absolute Gasteiger partial charge is 0.335 e. The molecule has 5 nitrogen and oxygen atoms in total. The highest BCUT2D eigenvalue weighted by atomic mass is 16.4. The normalized spacial score (nSPS) is 11.8. The lowest BCUT2D eigenvalue weighted by atomic mass is 10.1. The number of urea groups is 1. The molecule has 0 bridgehead atoms. The van der Waals surface area contributed by atoms with Crippen LogP contribution in [0.4, 0.5) is 4.79 Å². The Labute approximate surface area is 119 Å². The molecule has 1 rings (SSSR count). The van der Waals surface area contributed by atoms with E-state index < -0.39 is 5.97 Å². The summed E-state index contributed by atoms with van der Waals surface area (Å²) in [7, 11) is 1.77. The molecule has 0 aliphatic carbocycles. The van der Waals surface area contributed by atoms with Gasteiger partial charge in [-0.2, -0.15) is 0 Å². The maximum absolute atomic E-state index is 11.9. The Kier molecular flexibility index (Phi) is 6.03. The molecule has 2 N–H and O–H groups in total. The highest BCUT2D eigenvalue weighted by Gasteiger charge is 2.11. The topological polar surface area (TPSA) is 69.6 Å². The van der Waals surface area contributed by atoms with E-state index in [0.29, 0.717) is 12.5 Å². The van der Waals surface area contributed by atoms with Crippen LogP contribution in [0.15, 0.2) is 24.3 Å². The third-order valence-electron chi connectivity index (χ3n) is 3.27. The first-order valence-corrected chi connectivity index (χ1v) is 6.75. The summed E-state index contributed by atoms with van der Waals surface area (Å²) in [5, 5.41) is 11.6. The maximum atomic E-state index is 11.9. The number of amides is 2. The van der Waals surface area contributed by atoms with Crippen molar-refractivity contribution in [1.82, 2.24) is 10.2 Å². The van der Waals surface area contributed by atoms with Crippen LogP contribution in [0.5, 0.6) is 0 Å². The molecule has 20 heavy (non-hydrogen) atoms. The Balaban J connectivity index is 2.46. The lowest BCUT2D eigenvalue weighted by Gasteiger charge is -2.21. The third-order valence-corrected chi connectivity index (χ3v) is 3.27. The van der Waals surface area contributed by atoms with Crippen molar-refractivity contribution in [3.05, 3.63) is 35.4 Å². The first kappa shape index (κ1) is 16.0. The van der Waals surface area contributed by atoms with E-state index in [0.717, 1.165) is 18.5 Å². The van der Waals surface area contributed by atoms with Crippen LogP contribution in [0, 0.1) is 5.92 Å². The number of hydrogen-bond acceptors (Lipinski definition) is 2. The van der Waals surface area contributed by atoms with Crippen molar-refractivity contribution in [3.8, 4) is 0 Å². The molecule has 1 atom stereocenters. The van der Waals surface area contributed by atoms with Gasteiger partial charge < -0.3 is 15.3 Å². The summed E-state index contributed by atoms with van der Waals surface area (Å²) in [6, 6.07) is 6.36. The minimum absolute atomic E-state index is 0.118. The van der Waals surface area contributed by atoms with Gasteiger partial charge in [0.05, 0.1) is 5.56 Å². The summed E-state index contributed by atoms with van der Waals surface area (Å²) in [6.07, 6.45) is 1.04. The molecular weight excluding hydrogens is 256 g/mol. The molecule has 0 fully saturated rings. The number of carbonyl (C=O) groups is 2. The van der Waals surface area contributed by atoms with Crippen molar-refractivity contribution in [2.75, 3.05) is 13.6 Å². The number of rotatable bonds is 6. The second-order valence-electron chi connectivity index (χ2n) is 5.05. The van der Waals surface area contributed by atoms with Gasteiger partial charge in [-0.15, -0.1) is 0 Å². The highest BCUT2D eigenvalue weighted by molar-refractivity contribution is 5.87. The van der Waals surface area contributed by atoms with Crippen molar-refractivity contribution in [2.45, 2.75) is 26.8 Å². The Morgan fingerprint density at radius 2 is 1.90 bits per heavy atom. The zero-order chi connectivity index (χ0) is 15.1. The number of nitrogens with one attached hydrogen (secondary N) is 1. The predicted molar refractivity (Wildman–Crippen MR) is 77.7 cm³/mol. The van der Waals surface area contributed by atoms with E-state index in [-0.39, 0.29) is 11.6 Å². The lowest BCUT2D eigenvalue weighted by Crippen LogP contribution is -2.39. The first-order chi connectivity index (χ1) is 9.43. The van der Waals surface area contributed by atoms with Gasteiger partial charge in [-0.3, -0.25) is 0 Å². The van der Waals surface area contributed by atoms with Crippen molar-refractivity contribution in [3.63, 3.8) is 0 Å². The largest absolute Gasteiger partial charge is 0.478 e. The number of nitrogens with zero attached hydrogens (tertiary/aromatic N) is 1. The van der Waals surface area contributed by atoms with Gasteiger partial charge in [-0.1, -0.05) is 32.4 Å². The van der Waals surface area contributed by atoms with Crippen LogP contribution in [-0.2, 0) is 6.54 Å². The van der Waals surface area contributed by atoms with Crippen LogP contribution in [0.2, 0.25) is 0 Å². The van der Waals surface area contributed by atoms with Crippen molar-refractivity contribution < 1.29 is 14.7 Å². The van der Waals surface area contributed by atoms with Gasteiger partial charge in [0.25, 0.3) is 0 Å². The molecule has 1 unspecified atom stereocenters. The fraction of sp³-hybridized carbons (Fsp3) is 0.467. The number of carbonyl (C=O) groups excluding carboxylic acids is 1. The van der Waals surface area contributed by atoms with E-state index in [4.69, 9.17) is 5.11 Å². The molecule has 0 heterocycles. The summed E-state index contributed by atoms with van der Waals surface area (Å²) >= 11 is 0. The minimum atomic E-state index is -0.950. The lowest BCUT2D eigenvalue weighted by molar-refractivity contribution is 0.0697. The van der Waals surface area contributed by atoms with Crippen LogP contribution in [0.25, 0.3) is 0 Å². The highest BCUT2D eigenvalue weighted by Crippen LogP contribution is 2.05. The summed E-state index contributed by atoms with van der Waals surface area (Å²) in [6.45, 7) is 5.32. The number of hydrogen-bond donors (Lipinski definition) is 2. The average molecular weight is 278 g/mol. The van der Waals surface area contributed by atoms with E-state index in [1.807, 2.05) is 0 Å². The molecule has 0 saturated heterocycles. The van der Waals surface area contributed by atoms with Crippen molar-refractivity contribution in [2.24, 2.45) is 5.92 Å². The summed E-state index contributed by atoms with van der Waals surface area (Å²) in [5.41, 5.74) is 1.12. The summed E-state index contributed by atoms with van der Waals surface area (Å²) in [5.74, 6) is -0.477. The molecule has 1 aromatic rings. The van der Waals surface area contributed by atoms with Gasteiger partial charge in [0.2, 0.25) is 0 Å². The molecule has 0 aromatic heterocycles. The second kappa shape index (κ2) is 7.53. The van der Waals surface area contributed by atoms with E-state index in [9.17, 15) is 9.59 Å². The second-order valence-corrected chi connectivity index (χ2v) is 5.05. The quantitative estimate of drug-likeness (QED) is 0.840. The minimum Gasteiger partial charge on any atom is -0.478 e. The van der Waals surface area contributed by atoms with Gasteiger partial charge in [0.15, 0.2) is 0 Å². The van der Waals surface area contributed by atoms with Crippen LogP contribution in [0.3, 0.4) is 0 Å². The number of aromatic carboxylic acids is 1. The Morgan fingerprint density at radius 3 is 2.40 bits per heavy atom. The molecule has 1 aromatic carbocycles. The zero-order valence-corrected chi connectivity index (χ0v) is 12.2. The molecule has 5 heteroatoms. The SMILES string of the molecule is CCC(C)CN(C)C(=O)NCc1ccc(C(=O)O)cc1. The van der Waals surface area contributed by atoms with Crippen molar-refractivity contribution >= 4 is 12.0 Å². The van der Waals surface area contributed by atoms with E-state index >= 15 is 0 Å². The molecule has 0 radical (unpaired) electrons. The summed E-state index contributed by atoms with van der Waals surface area (Å²) < 4.78 is 0. The van der Waals surface area contributed by atoms with Crippen LogP contribution >= 0.6 is 0 Å². The first-order valence-electron chi connectivity index (χ1n) is 6.75. The van der Waals surface area contributed by atoms with Gasteiger partial charge in [0.1, 0.15) is 0 Å². The molecule has 2 amide bonds. The standard InChI is InChI=1S/C15H22N2O3/c1-4-11(2)10-17(3)15(20)16-9-12-5-7-13(8-6-12)14(18)19/h5-8,11H,4,9-10H2,1-3H3,(H,16,20)(H,18,19). The molecule has 0 aliphatic heterocycles. The van der Waals surface area contributed by atoms with Crippen LogP contribution < -0.4 is 5.32 Å². The summed E-state index contributed by atoms with van der Waals surface area (Å²) in [4.78, 5) is 24.3. The fourth-order valence-electron chi connectivity index (χ4n) is 1.76. The van der Waals surface area contributed by atoms with E-state index in [2.05, 4.69) is 19.2 Å². The van der Waals surface area contributed by atoms with Crippen molar-refractivity contribution in [1.29, 1.82) is 0 Å². The monoisotopic (exact) mass is 278 g/mol. The average Bonchev–Trinajstić information content (AvgIpc) is 2.44. The Hall–Kier alpha value is -2.04. The third kappa shape index (κ3) is 4.91. The predicted octanol–water partition coefficient (Wildman–Crippen LogP) is 2.57. The van der Waals surface area contributed by atoms with Gasteiger partial charge in [0, 0.05) is 20.1 Å². The van der Waals surface area contributed by atoms with Gasteiger partial charge >= 0.3 is 12.0 Å². The number of benzene rings is 1. The molecular formula is C15H22N2O3. The van der Waals surface area contributed by atoms with Gasteiger partial charge in [-0.25, -0.2) is 9.59 Å². The zero-order valence-electron chi connectivity index (χ0n) is 12.2. The van der Waals surface area contributed by atoms with Gasteiger partial charge in [-0.05, 0) is 23.6 Å². The van der Waals surface area contributed by atoms with Crippen LogP contribution in [0.1, 0.15) is 36.2 Å². The number of carboxylic acid groups (broad SMARTS) is 1. The number of carboxylic acids is 1.